The summed E-state index contributed by atoms with van der Waals surface area (Å²) < 4.78 is 10.1. The Morgan fingerprint density at radius 1 is 1.10 bits per heavy atom. The number of carbonyl (C=O) groups is 2. The number of anilines is 1. The maximum atomic E-state index is 12.8. The number of rotatable bonds is 7. The topological polar surface area (TPSA) is 124 Å². The fraction of sp³-hybridized carbons (Fsp3) is 0.0476. The number of hydrogen-bond acceptors (Lipinski definition) is 6. The smallest absolute Gasteiger partial charge is 0.291 e. The zero-order valence-corrected chi connectivity index (χ0v) is 15.8. The summed E-state index contributed by atoms with van der Waals surface area (Å²) >= 11 is 0. The zero-order chi connectivity index (χ0) is 21.5. The summed E-state index contributed by atoms with van der Waals surface area (Å²) in [5.74, 6) is -0.628. The van der Waals surface area contributed by atoms with Crippen molar-refractivity contribution in [1.82, 2.24) is 5.32 Å². The van der Waals surface area contributed by atoms with Gasteiger partial charge < -0.3 is 19.8 Å². The van der Waals surface area contributed by atoms with Crippen molar-refractivity contribution in [3.05, 3.63) is 94.1 Å². The van der Waals surface area contributed by atoms with Gasteiger partial charge in [-0.05, 0) is 48.0 Å². The van der Waals surface area contributed by atoms with Gasteiger partial charge in [0.25, 0.3) is 17.5 Å². The highest BCUT2D eigenvalue weighted by molar-refractivity contribution is 6.10. The molecule has 0 saturated carbocycles. The molecule has 0 aliphatic rings. The van der Waals surface area contributed by atoms with Crippen LogP contribution in [0.1, 0.15) is 16.1 Å². The lowest BCUT2D eigenvalue weighted by Crippen LogP contribution is -2.30. The molecule has 3 rings (SSSR count). The summed E-state index contributed by atoms with van der Waals surface area (Å²) in [5, 5.41) is 16.2. The molecule has 0 radical (unpaired) electrons. The quantitative estimate of drug-likeness (QED) is 0.350. The largest absolute Gasteiger partial charge is 0.497 e. The minimum atomic E-state index is -0.637. The van der Waals surface area contributed by atoms with Crippen LogP contribution in [0.2, 0.25) is 0 Å². The molecule has 9 heteroatoms. The first-order valence-electron chi connectivity index (χ1n) is 8.72. The summed E-state index contributed by atoms with van der Waals surface area (Å²) in [6.07, 6.45) is 2.67. The Balaban J connectivity index is 1.89. The second kappa shape index (κ2) is 9.20. The minimum absolute atomic E-state index is 0.0113. The average Bonchev–Trinajstić information content (AvgIpc) is 3.29. The molecule has 0 spiro atoms. The lowest BCUT2D eigenvalue weighted by Gasteiger charge is -2.11. The van der Waals surface area contributed by atoms with Gasteiger partial charge in [-0.3, -0.25) is 19.7 Å². The number of nitro groups is 1. The first-order chi connectivity index (χ1) is 14.5. The molecule has 152 valence electrons. The van der Waals surface area contributed by atoms with Gasteiger partial charge in [0, 0.05) is 17.8 Å². The molecule has 30 heavy (non-hydrogen) atoms. The van der Waals surface area contributed by atoms with Crippen LogP contribution in [-0.4, -0.2) is 23.8 Å². The first kappa shape index (κ1) is 20.3. The van der Waals surface area contributed by atoms with Crippen LogP contribution in [0.25, 0.3) is 6.08 Å². The Bertz CT molecular complexity index is 1090. The van der Waals surface area contributed by atoms with Crippen LogP contribution in [0.4, 0.5) is 11.4 Å². The Morgan fingerprint density at radius 2 is 1.87 bits per heavy atom. The van der Waals surface area contributed by atoms with Crippen molar-refractivity contribution in [3.8, 4) is 5.75 Å². The molecule has 0 aliphatic carbocycles. The van der Waals surface area contributed by atoms with Crippen molar-refractivity contribution in [2.75, 3.05) is 12.4 Å². The zero-order valence-electron chi connectivity index (χ0n) is 15.8. The fourth-order valence-electron chi connectivity index (χ4n) is 2.52. The van der Waals surface area contributed by atoms with E-state index in [2.05, 4.69) is 10.6 Å². The van der Waals surface area contributed by atoms with E-state index in [9.17, 15) is 19.7 Å². The maximum absolute atomic E-state index is 12.8. The monoisotopic (exact) mass is 407 g/mol. The number of carbonyl (C=O) groups excluding carboxylic acids is 2. The molecule has 1 aromatic heterocycles. The molecule has 1 heterocycles. The van der Waals surface area contributed by atoms with Gasteiger partial charge in [-0.25, -0.2) is 0 Å². The van der Waals surface area contributed by atoms with Crippen LogP contribution in [-0.2, 0) is 4.79 Å². The Kier molecular flexibility index (Phi) is 6.23. The van der Waals surface area contributed by atoms with Gasteiger partial charge in [0.15, 0.2) is 5.76 Å². The molecular formula is C21H17N3O6. The Hall–Kier alpha value is -4.40. The third kappa shape index (κ3) is 5.10. The van der Waals surface area contributed by atoms with Crippen molar-refractivity contribution in [2.45, 2.75) is 0 Å². The molecular weight excluding hydrogens is 390 g/mol. The number of non-ortho nitro benzene ring substituents is 1. The van der Waals surface area contributed by atoms with E-state index in [1.807, 2.05) is 0 Å². The third-order valence-corrected chi connectivity index (χ3v) is 3.98. The summed E-state index contributed by atoms with van der Waals surface area (Å²) in [4.78, 5) is 35.6. The molecule has 2 aromatic carbocycles. The fourth-order valence-corrected chi connectivity index (χ4v) is 2.52. The number of nitro benzene ring substituents is 1. The highest BCUT2D eigenvalue weighted by atomic mass is 16.6. The van der Waals surface area contributed by atoms with Gasteiger partial charge in [0.1, 0.15) is 11.4 Å². The summed E-state index contributed by atoms with van der Waals surface area (Å²) in [6, 6.07) is 15.3. The number of ether oxygens (including phenoxy) is 1. The second-order valence-corrected chi connectivity index (χ2v) is 6.02. The molecule has 0 unspecified atom stereocenters. The molecule has 2 amide bonds. The normalized spacial score (nSPS) is 10.9. The molecule has 3 aromatic rings. The molecule has 0 saturated heterocycles. The Morgan fingerprint density at radius 3 is 2.50 bits per heavy atom. The van der Waals surface area contributed by atoms with Crippen molar-refractivity contribution >= 4 is 29.3 Å². The van der Waals surface area contributed by atoms with Crippen LogP contribution in [0.5, 0.6) is 5.75 Å². The van der Waals surface area contributed by atoms with Gasteiger partial charge in [-0.1, -0.05) is 12.1 Å². The van der Waals surface area contributed by atoms with Crippen molar-refractivity contribution < 1.29 is 23.7 Å². The molecule has 0 atom stereocenters. The minimum Gasteiger partial charge on any atom is -0.497 e. The number of nitrogens with one attached hydrogen (secondary N) is 2. The van der Waals surface area contributed by atoms with Crippen molar-refractivity contribution in [3.63, 3.8) is 0 Å². The average molecular weight is 407 g/mol. The SMILES string of the molecule is COc1ccc(NC(=O)/C(=C\c2cccc([N+](=O)[O-])c2)NC(=O)c2ccco2)cc1. The van der Waals surface area contributed by atoms with Gasteiger partial charge >= 0.3 is 0 Å². The third-order valence-electron chi connectivity index (χ3n) is 3.98. The van der Waals surface area contributed by atoms with E-state index in [1.165, 1.54) is 49.8 Å². The predicted molar refractivity (Wildman–Crippen MR) is 109 cm³/mol. The number of amides is 2. The van der Waals surface area contributed by atoms with Crippen molar-refractivity contribution in [1.29, 1.82) is 0 Å². The molecule has 0 aliphatic heterocycles. The first-order valence-corrected chi connectivity index (χ1v) is 8.72. The molecule has 0 fully saturated rings. The number of benzene rings is 2. The summed E-state index contributed by atoms with van der Waals surface area (Å²) in [7, 11) is 1.53. The van der Waals surface area contributed by atoms with E-state index >= 15 is 0 Å². The van der Waals surface area contributed by atoms with Crippen LogP contribution < -0.4 is 15.4 Å². The van der Waals surface area contributed by atoms with E-state index in [0.717, 1.165) is 0 Å². The van der Waals surface area contributed by atoms with Crippen molar-refractivity contribution in [2.24, 2.45) is 0 Å². The van der Waals surface area contributed by atoms with Gasteiger partial charge in [-0.2, -0.15) is 0 Å². The maximum Gasteiger partial charge on any atom is 0.291 e. The van der Waals surface area contributed by atoms with Gasteiger partial charge in [0.2, 0.25) is 0 Å². The standard InChI is InChI=1S/C21H17N3O6/c1-29-17-9-7-15(8-10-17)22-20(25)18(23-21(26)19-6-3-11-30-19)13-14-4-2-5-16(12-14)24(27)28/h2-13H,1H3,(H,22,25)(H,23,26)/b18-13+. The lowest BCUT2D eigenvalue weighted by molar-refractivity contribution is -0.384. The van der Waals surface area contributed by atoms with Crippen LogP contribution in [0.15, 0.2) is 77.0 Å². The van der Waals surface area contributed by atoms with E-state index < -0.39 is 16.7 Å². The van der Waals surface area contributed by atoms with E-state index in [0.29, 0.717) is 17.0 Å². The van der Waals surface area contributed by atoms with E-state index in [-0.39, 0.29) is 17.1 Å². The van der Waals surface area contributed by atoms with E-state index in [1.54, 1.807) is 30.3 Å². The van der Waals surface area contributed by atoms with Gasteiger partial charge in [-0.15, -0.1) is 0 Å². The number of nitrogens with zero attached hydrogens (tertiary/aromatic N) is 1. The van der Waals surface area contributed by atoms with Gasteiger partial charge in [0.05, 0.1) is 18.3 Å². The predicted octanol–water partition coefficient (Wildman–Crippen LogP) is 3.61. The second-order valence-electron chi connectivity index (χ2n) is 6.02. The molecule has 0 bridgehead atoms. The van der Waals surface area contributed by atoms with Crippen LogP contribution >= 0.6 is 0 Å². The van der Waals surface area contributed by atoms with Crippen LogP contribution in [0.3, 0.4) is 0 Å². The lowest BCUT2D eigenvalue weighted by atomic mass is 10.1. The highest BCUT2D eigenvalue weighted by Crippen LogP contribution is 2.18. The number of hydrogen-bond donors (Lipinski definition) is 2. The van der Waals surface area contributed by atoms with Crippen LogP contribution in [0, 0.1) is 10.1 Å². The summed E-state index contributed by atoms with van der Waals surface area (Å²) in [6.45, 7) is 0. The summed E-state index contributed by atoms with van der Waals surface area (Å²) in [5.41, 5.74) is 0.575. The molecule has 9 nitrogen and oxygen atoms in total. The Labute approximate surface area is 171 Å². The number of furan rings is 1. The molecule has 2 N–H and O–H groups in total. The van der Waals surface area contributed by atoms with E-state index in [4.69, 9.17) is 9.15 Å². The number of methoxy groups -OCH3 is 1. The highest BCUT2D eigenvalue weighted by Gasteiger charge is 2.17.